The van der Waals surface area contributed by atoms with Gasteiger partial charge in [0.25, 0.3) is 0 Å². The van der Waals surface area contributed by atoms with E-state index >= 15 is 0 Å². The van der Waals surface area contributed by atoms with E-state index in [0.717, 1.165) is 22.7 Å². The first kappa shape index (κ1) is 20.1. The summed E-state index contributed by atoms with van der Waals surface area (Å²) in [6.45, 7) is 4.03. The maximum atomic E-state index is 11.1. The predicted octanol–water partition coefficient (Wildman–Crippen LogP) is 5.14. The maximum Gasteiger partial charge on any atom is 0.221 e. The van der Waals surface area contributed by atoms with Gasteiger partial charge in [-0.3, -0.25) is 4.79 Å². The highest BCUT2D eigenvalue weighted by molar-refractivity contribution is 7.11. The summed E-state index contributed by atoms with van der Waals surface area (Å²) < 4.78 is 5.46. The predicted molar refractivity (Wildman–Crippen MR) is 117 cm³/mol. The molecule has 0 atom stereocenters. The Labute approximate surface area is 173 Å². The molecular formula is C22H20N4O2S. The summed E-state index contributed by atoms with van der Waals surface area (Å²) in [5.74, 6) is 0.697. The molecule has 2 aromatic carbocycles. The third-order valence-corrected chi connectivity index (χ3v) is 4.78. The summed E-state index contributed by atoms with van der Waals surface area (Å²) in [5.41, 5.74) is 3.74. The molecule has 0 bridgehead atoms. The normalized spacial score (nSPS) is 10.9. The van der Waals surface area contributed by atoms with Crippen molar-refractivity contribution in [1.82, 2.24) is 4.98 Å². The highest BCUT2D eigenvalue weighted by atomic mass is 32.1. The monoisotopic (exact) mass is 404 g/mol. The van der Waals surface area contributed by atoms with Gasteiger partial charge >= 0.3 is 0 Å². The molecular weight excluding hydrogens is 384 g/mol. The van der Waals surface area contributed by atoms with Gasteiger partial charge in [0.05, 0.1) is 12.3 Å². The van der Waals surface area contributed by atoms with Crippen molar-refractivity contribution in [3.63, 3.8) is 0 Å². The third-order valence-electron chi connectivity index (χ3n) is 3.90. The lowest BCUT2D eigenvalue weighted by molar-refractivity contribution is -0.114. The average molecular weight is 404 g/mol. The number of hydrogen-bond donors (Lipinski definition) is 2. The molecule has 29 heavy (non-hydrogen) atoms. The smallest absolute Gasteiger partial charge is 0.221 e. The van der Waals surface area contributed by atoms with Crippen LogP contribution in [-0.4, -0.2) is 17.5 Å². The zero-order valence-electron chi connectivity index (χ0n) is 16.1. The minimum atomic E-state index is -0.121. The van der Waals surface area contributed by atoms with E-state index in [0.29, 0.717) is 22.9 Å². The highest BCUT2D eigenvalue weighted by Gasteiger charge is 2.09. The van der Waals surface area contributed by atoms with Crippen molar-refractivity contribution in [2.24, 2.45) is 0 Å². The minimum absolute atomic E-state index is 0.121. The number of aromatic nitrogens is 1. The van der Waals surface area contributed by atoms with Crippen molar-refractivity contribution in [1.29, 1.82) is 5.26 Å². The van der Waals surface area contributed by atoms with Gasteiger partial charge in [0, 0.05) is 35.4 Å². The summed E-state index contributed by atoms with van der Waals surface area (Å²) >= 11 is 1.42. The lowest BCUT2D eigenvalue weighted by atomic mass is 10.2. The molecule has 1 heterocycles. The molecule has 7 heteroatoms. The molecule has 0 aliphatic heterocycles. The zero-order valence-corrected chi connectivity index (χ0v) is 16.9. The summed E-state index contributed by atoms with van der Waals surface area (Å²) in [6, 6.07) is 17.1. The molecule has 3 rings (SSSR count). The Morgan fingerprint density at radius 2 is 1.86 bits per heavy atom. The number of anilines is 2. The van der Waals surface area contributed by atoms with Crippen LogP contribution in [0.2, 0.25) is 0 Å². The topological polar surface area (TPSA) is 87.0 Å². The Hall–Kier alpha value is -3.63. The maximum absolute atomic E-state index is 11.1. The van der Waals surface area contributed by atoms with Crippen molar-refractivity contribution in [3.8, 4) is 23.1 Å². The first-order valence-electron chi connectivity index (χ1n) is 9.02. The van der Waals surface area contributed by atoms with Crippen molar-refractivity contribution in [2.75, 3.05) is 17.2 Å². The van der Waals surface area contributed by atoms with Gasteiger partial charge in [0.1, 0.15) is 22.4 Å². The van der Waals surface area contributed by atoms with Gasteiger partial charge in [-0.25, -0.2) is 4.98 Å². The Balaban J connectivity index is 1.71. The van der Waals surface area contributed by atoms with Crippen molar-refractivity contribution in [3.05, 3.63) is 65.1 Å². The van der Waals surface area contributed by atoms with E-state index in [1.54, 1.807) is 18.3 Å². The van der Waals surface area contributed by atoms with E-state index in [2.05, 4.69) is 21.7 Å². The summed E-state index contributed by atoms with van der Waals surface area (Å²) in [6.07, 6.45) is 1.63. The fraction of sp³-hybridized carbons (Fsp3) is 0.136. The Morgan fingerprint density at radius 1 is 1.17 bits per heavy atom. The van der Waals surface area contributed by atoms with Crippen LogP contribution in [0.3, 0.4) is 0 Å². The lowest BCUT2D eigenvalue weighted by Gasteiger charge is -2.05. The number of nitrogens with zero attached hydrogens (tertiary/aromatic N) is 2. The van der Waals surface area contributed by atoms with Crippen LogP contribution in [0.4, 0.5) is 11.4 Å². The van der Waals surface area contributed by atoms with Crippen molar-refractivity contribution >= 4 is 34.2 Å². The zero-order chi connectivity index (χ0) is 20.6. The standard InChI is InChI=1S/C22H20N4O2S/c1-3-28-20-10-4-16(5-11-20)21-14-29-22(26-21)17(12-23)13-24-18-6-8-19(9-7-18)25-15(2)27/h4-11,13-14,24H,3H2,1-2H3,(H,25,27)/b17-13+. The van der Waals surface area contributed by atoms with Crippen LogP contribution in [0.1, 0.15) is 18.9 Å². The molecule has 0 unspecified atom stereocenters. The first-order chi connectivity index (χ1) is 14.1. The molecule has 0 spiro atoms. The number of amides is 1. The molecule has 0 aliphatic rings. The van der Waals surface area contributed by atoms with Crippen LogP contribution in [-0.2, 0) is 4.79 Å². The molecule has 0 saturated carbocycles. The van der Waals surface area contributed by atoms with Gasteiger partial charge in [-0.15, -0.1) is 11.3 Å². The molecule has 0 aliphatic carbocycles. The summed E-state index contributed by atoms with van der Waals surface area (Å²) in [5, 5.41) is 17.9. The van der Waals surface area contributed by atoms with Crippen molar-refractivity contribution in [2.45, 2.75) is 13.8 Å². The second-order valence-corrected chi connectivity index (χ2v) is 6.93. The van der Waals surface area contributed by atoms with Crippen LogP contribution in [0.5, 0.6) is 5.75 Å². The van der Waals surface area contributed by atoms with Crippen LogP contribution in [0.15, 0.2) is 60.1 Å². The van der Waals surface area contributed by atoms with Crippen molar-refractivity contribution < 1.29 is 9.53 Å². The van der Waals surface area contributed by atoms with E-state index < -0.39 is 0 Å². The molecule has 146 valence electrons. The number of ether oxygens (including phenoxy) is 1. The number of carbonyl (C=O) groups excluding carboxylic acids is 1. The first-order valence-corrected chi connectivity index (χ1v) is 9.90. The van der Waals surface area contributed by atoms with Gasteiger partial charge in [-0.1, -0.05) is 0 Å². The number of nitrogens with one attached hydrogen (secondary N) is 2. The van der Waals surface area contributed by atoms with Crippen LogP contribution in [0.25, 0.3) is 16.8 Å². The number of carbonyl (C=O) groups is 1. The number of benzene rings is 2. The van der Waals surface area contributed by atoms with Crippen LogP contribution in [0, 0.1) is 11.3 Å². The van der Waals surface area contributed by atoms with Gasteiger partial charge < -0.3 is 15.4 Å². The van der Waals surface area contributed by atoms with Crippen LogP contribution >= 0.6 is 11.3 Å². The minimum Gasteiger partial charge on any atom is -0.494 e. The molecule has 2 N–H and O–H groups in total. The van der Waals surface area contributed by atoms with Crippen LogP contribution < -0.4 is 15.4 Å². The average Bonchev–Trinajstić information content (AvgIpc) is 3.20. The quantitative estimate of drug-likeness (QED) is 0.532. The molecule has 0 saturated heterocycles. The molecule has 0 fully saturated rings. The number of allylic oxidation sites excluding steroid dienone is 1. The summed E-state index contributed by atoms with van der Waals surface area (Å²) in [4.78, 5) is 15.7. The summed E-state index contributed by atoms with van der Waals surface area (Å²) in [7, 11) is 0. The number of hydrogen-bond acceptors (Lipinski definition) is 6. The third kappa shape index (κ3) is 5.43. The number of thiazole rings is 1. The Morgan fingerprint density at radius 3 is 2.48 bits per heavy atom. The van der Waals surface area contributed by atoms with Gasteiger partial charge in [-0.2, -0.15) is 5.26 Å². The van der Waals surface area contributed by atoms with E-state index in [1.807, 2.05) is 48.7 Å². The Kier molecular flexibility index (Phi) is 6.61. The molecule has 1 aromatic heterocycles. The fourth-order valence-corrected chi connectivity index (χ4v) is 3.36. The van der Waals surface area contributed by atoms with Gasteiger partial charge in [-0.05, 0) is 55.5 Å². The number of rotatable bonds is 7. The van der Waals surface area contributed by atoms with E-state index in [9.17, 15) is 10.1 Å². The molecule has 0 radical (unpaired) electrons. The fourth-order valence-electron chi connectivity index (χ4n) is 2.57. The van der Waals surface area contributed by atoms with Gasteiger partial charge in [0.2, 0.25) is 5.91 Å². The number of nitriles is 1. The van der Waals surface area contributed by atoms with E-state index in [-0.39, 0.29) is 5.91 Å². The van der Waals surface area contributed by atoms with E-state index in [4.69, 9.17) is 4.74 Å². The molecule has 3 aromatic rings. The lowest BCUT2D eigenvalue weighted by Crippen LogP contribution is -2.05. The largest absolute Gasteiger partial charge is 0.494 e. The molecule has 6 nitrogen and oxygen atoms in total. The Bertz CT molecular complexity index is 1050. The SMILES string of the molecule is CCOc1ccc(-c2csc(/C(C#N)=C/Nc3ccc(NC(C)=O)cc3)n2)cc1. The second-order valence-electron chi connectivity index (χ2n) is 6.07. The van der Waals surface area contributed by atoms with Gasteiger partial charge in [0.15, 0.2) is 0 Å². The second kappa shape index (κ2) is 9.53. The molecule has 1 amide bonds. The van der Waals surface area contributed by atoms with E-state index in [1.165, 1.54) is 18.3 Å². The highest BCUT2D eigenvalue weighted by Crippen LogP contribution is 2.27.